The van der Waals surface area contributed by atoms with Gasteiger partial charge in [-0.25, -0.2) is 0 Å². The highest BCUT2D eigenvalue weighted by Crippen LogP contribution is 2.38. The van der Waals surface area contributed by atoms with E-state index >= 15 is 0 Å². The molecule has 3 aromatic rings. The molecule has 1 saturated heterocycles. The minimum absolute atomic E-state index is 0.0927. The van der Waals surface area contributed by atoms with Gasteiger partial charge in [0, 0.05) is 0 Å². The molecule has 0 spiro atoms. The fourth-order valence-electron chi connectivity index (χ4n) is 5.04. The molecule has 5 unspecified atom stereocenters. The molecule has 0 radical (unpaired) electrons. The van der Waals surface area contributed by atoms with Gasteiger partial charge in [0.05, 0.1) is 32.5 Å². The summed E-state index contributed by atoms with van der Waals surface area (Å²) in [5, 5.41) is 0.0927. The molecule has 1 fully saturated rings. The summed E-state index contributed by atoms with van der Waals surface area (Å²) in [6.07, 6.45) is 0.433. The molecule has 1 heterocycles. The first kappa shape index (κ1) is 32.6. The smallest absolute Gasteiger partial charge is 0.192 e. The second-order valence-corrected chi connectivity index (χ2v) is 17.7. The first-order valence-corrected chi connectivity index (χ1v) is 18.3. The third kappa shape index (κ3) is 9.09. The highest BCUT2D eigenvalue weighted by molar-refractivity contribution is 6.74. The van der Waals surface area contributed by atoms with E-state index in [-0.39, 0.29) is 35.6 Å². The van der Waals surface area contributed by atoms with Gasteiger partial charge in [-0.3, -0.25) is 0 Å². The second-order valence-electron chi connectivity index (χ2n) is 12.9. The van der Waals surface area contributed by atoms with Gasteiger partial charge < -0.3 is 23.4 Å². The summed E-state index contributed by atoms with van der Waals surface area (Å²) in [6.45, 7) is 15.4. The maximum atomic E-state index is 6.89. The maximum absolute atomic E-state index is 6.89. The predicted octanol–water partition coefficient (Wildman–Crippen LogP) is 8.33. The van der Waals surface area contributed by atoms with Crippen LogP contribution in [0.2, 0.25) is 18.1 Å². The van der Waals surface area contributed by atoms with Crippen molar-refractivity contribution in [3.8, 4) is 0 Å². The molecule has 4 rings (SSSR count). The van der Waals surface area contributed by atoms with Crippen molar-refractivity contribution in [1.82, 2.24) is 0 Å². The Hall–Kier alpha value is -2.32. The molecule has 0 amide bonds. The summed E-state index contributed by atoms with van der Waals surface area (Å²) in [7, 11) is -2.02. The molecule has 0 bridgehead atoms. The summed E-state index contributed by atoms with van der Waals surface area (Å²) >= 11 is 0. The molecule has 5 nitrogen and oxygen atoms in total. The van der Waals surface area contributed by atoms with Crippen molar-refractivity contribution in [3.05, 3.63) is 108 Å². The highest BCUT2D eigenvalue weighted by Gasteiger charge is 2.49. The number of rotatable bonds is 14. The lowest BCUT2D eigenvalue weighted by Crippen LogP contribution is -2.61. The molecular weight excluding hydrogens is 540 g/mol. The Bertz CT molecular complexity index is 1170. The van der Waals surface area contributed by atoms with Crippen molar-refractivity contribution >= 4 is 8.32 Å². The van der Waals surface area contributed by atoms with Gasteiger partial charge in [-0.05, 0) is 41.2 Å². The lowest BCUT2D eigenvalue weighted by atomic mass is 9.92. The Labute approximate surface area is 254 Å². The predicted molar refractivity (Wildman–Crippen MR) is 172 cm³/mol. The summed E-state index contributed by atoms with van der Waals surface area (Å²) in [5.41, 5.74) is 3.36. The lowest BCUT2D eigenvalue weighted by molar-refractivity contribution is -0.270. The van der Waals surface area contributed by atoms with E-state index in [1.54, 1.807) is 0 Å². The Morgan fingerprint density at radius 3 is 1.43 bits per heavy atom. The summed E-state index contributed by atoms with van der Waals surface area (Å²) < 4.78 is 33.9. The van der Waals surface area contributed by atoms with E-state index in [2.05, 4.69) is 77.2 Å². The van der Waals surface area contributed by atoms with Crippen molar-refractivity contribution in [1.29, 1.82) is 0 Å². The van der Waals surface area contributed by atoms with Gasteiger partial charge in [0.25, 0.3) is 0 Å². The molecule has 0 saturated carbocycles. The van der Waals surface area contributed by atoms with Gasteiger partial charge >= 0.3 is 0 Å². The molecule has 3 aromatic carbocycles. The molecule has 42 heavy (non-hydrogen) atoms. The van der Waals surface area contributed by atoms with Gasteiger partial charge in [0.1, 0.15) is 24.4 Å². The normalized spacial score (nSPS) is 23.1. The number of hydrogen-bond donors (Lipinski definition) is 0. The van der Waals surface area contributed by atoms with Crippen LogP contribution in [0.25, 0.3) is 0 Å². The van der Waals surface area contributed by atoms with Crippen molar-refractivity contribution in [2.24, 2.45) is 0 Å². The zero-order valence-electron chi connectivity index (χ0n) is 26.3. The standard InChI is InChI=1S/C36H50O5Si/c1-7-17-31-33(37-24-28-18-11-8-12-19-28)35(39-26-30-22-15-10-16-23-30)34(38-25-29-20-13-9-14-21-29)32(41-31)27-40-42(5,6)36(2,3)4/h8-16,18-23,31-35H,7,17,24-27H2,1-6H3. The molecular formula is C36H50O5Si. The van der Waals surface area contributed by atoms with E-state index < -0.39 is 8.32 Å². The Balaban J connectivity index is 1.65. The van der Waals surface area contributed by atoms with Crippen LogP contribution >= 0.6 is 0 Å². The van der Waals surface area contributed by atoms with E-state index in [1.807, 2.05) is 54.6 Å². The van der Waals surface area contributed by atoms with Crippen molar-refractivity contribution in [2.45, 2.75) is 109 Å². The van der Waals surface area contributed by atoms with Crippen LogP contribution in [-0.2, 0) is 43.2 Å². The van der Waals surface area contributed by atoms with Crippen molar-refractivity contribution in [2.75, 3.05) is 6.61 Å². The average Bonchev–Trinajstić information content (AvgIpc) is 2.99. The van der Waals surface area contributed by atoms with Gasteiger partial charge in [-0.2, -0.15) is 0 Å². The van der Waals surface area contributed by atoms with Crippen LogP contribution in [0.4, 0.5) is 0 Å². The van der Waals surface area contributed by atoms with Crippen LogP contribution < -0.4 is 0 Å². The Morgan fingerprint density at radius 1 is 0.619 bits per heavy atom. The molecule has 228 valence electrons. The average molecular weight is 591 g/mol. The zero-order chi connectivity index (χ0) is 30.0. The third-order valence-electron chi connectivity index (χ3n) is 8.57. The monoisotopic (exact) mass is 590 g/mol. The first-order valence-electron chi connectivity index (χ1n) is 15.4. The van der Waals surface area contributed by atoms with Crippen LogP contribution in [-0.4, -0.2) is 45.4 Å². The topological polar surface area (TPSA) is 46.2 Å². The summed E-state index contributed by atoms with van der Waals surface area (Å²) in [6, 6.07) is 30.9. The van der Waals surface area contributed by atoms with E-state index in [4.69, 9.17) is 23.4 Å². The van der Waals surface area contributed by atoms with E-state index in [0.717, 1.165) is 29.5 Å². The largest absolute Gasteiger partial charge is 0.414 e. The van der Waals surface area contributed by atoms with Crippen LogP contribution in [0.3, 0.4) is 0 Å². The SMILES string of the molecule is CCCC1OC(CO[Si](C)(C)C(C)(C)C)C(OCc2ccccc2)C(OCc2ccccc2)C1OCc1ccccc1. The second kappa shape index (κ2) is 15.4. The lowest BCUT2D eigenvalue weighted by Gasteiger charge is -2.47. The van der Waals surface area contributed by atoms with E-state index in [9.17, 15) is 0 Å². The molecule has 6 heteroatoms. The van der Waals surface area contributed by atoms with Gasteiger partial charge in [-0.15, -0.1) is 0 Å². The van der Waals surface area contributed by atoms with Gasteiger partial charge in [-0.1, -0.05) is 125 Å². The van der Waals surface area contributed by atoms with Crippen LogP contribution in [0.5, 0.6) is 0 Å². The van der Waals surface area contributed by atoms with E-state index in [0.29, 0.717) is 26.4 Å². The van der Waals surface area contributed by atoms with Crippen LogP contribution in [0.15, 0.2) is 91.0 Å². The number of ether oxygens (including phenoxy) is 4. The highest BCUT2D eigenvalue weighted by atomic mass is 28.4. The van der Waals surface area contributed by atoms with Gasteiger partial charge in [0.2, 0.25) is 0 Å². The van der Waals surface area contributed by atoms with Crippen molar-refractivity contribution < 1.29 is 23.4 Å². The maximum Gasteiger partial charge on any atom is 0.192 e. The fraction of sp³-hybridized carbons (Fsp3) is 0.500. The molecule has 0 aromatic heterocycles. The fourth-order valence-corrected chi connectivity index (χ4v) is 6.06. The summed E-state index contributed by atoms with van der Waals surface area (Å²) in [4.78, 5) is 0. The quantitative estimate of drug-likeness (QED) is 0.177. The third-order valence-corrected chi connectivity index (χ3v) is 13.1. The minimum Gasteiger partial charge on any atom is -0.414 e. The minimum atomic E-state index is -2.02. The number of benzene rings is 3. The Morgan fingerprint density at radius 2 is 1.02 bits per heavy atom. The van der Waals surface area contributed by atoms with Crippen LogP contribution in [0.1, 0.15) is 57.2 Å². The Kier molecular flexibility index (Phi) is 12.0. The van der Waals surface area contributed by atoms with Crippen LogP contribution in [0, 0.1) is 0 Å². The molecule has 0 aliphatic carbocycles. The molecule has 1 aliphatic heterocycles. The van der Waals surface area contributed by atoms with E-state index in [1.165, 1.54) is 0 Å². The zero-order valence-corrected chi connectivity index (χ0v) is 27.3. The number of hydrogen-bond acceptors (Lipinski definition) is 5. The molecule has 1 aliphatic rings. The van der Waals surface area contributed by atoms with Gasteiger partial charge in [0.15, 0.2) is 8.32 Å². The molecule has 5 atom stereocenters. The summed E-state index contributed by atoms with van der Waals surface area (Å²) in [5.74, 6) is 0. The molecule has 0 N–H and O–H groups in total. The first-order chi connectivity index (χ1) is 20.2. The van der Waals surface area contributed by atoms with Crippen molar-refractivity contribution in [3.63, 3.8) is 0 Å².